The van der Waals surface area contributed by atoms with Crippen LogP contribution in [0.2, 0.25) is 0 Å². The van der Waals surface area contributed by atoms with Gasteiger partial charge in [-0.25, -0.2) is 4.98 Å². The van der Waals surface area contributed by atoms with E-state index in [0.29, 0.717) is 5.92 Å². The summed E-state index contributed by atoms with van der Waals surface area (Å²) < 4.78 is 2.14. The van der Waals surface area contributed by atoms with Crippen molar-refractivity contribution in [3.05, 3.63) is 42.4 Å². The molecule has 96 valence electrons. The minimum Gasteiger partial charge on any atom is -0.329 e. The van der Waals surface area contributed by atoms with Crippen LogP contribution >= 0.6 is 0 Å². The molecule has 2 rings (SSSR count). The van der Waals surface area contributed by atoms with Gasteiger partial charge in [0, 0.05) is 18.2 Å². The monoisotopic (exact) mass is 243 g/mol. The van der Waals surface area contributed by atoms with Crippen molar-refractivity contribution in [2.45, 2.75) is 33.4 Å². The number of hydrogen-bond acceptors (Lipinski definition) is 2. The third kappa shape index (κ3) is 2.79. The molecule has 18 heavy (non-hydrogen) atoms. The van der Waals surface area contributed by atoms with Crippen LogP contribution in [0.5, 0.6) is 0 Å². The summed E-state index contributed by atoms with van der Waals surface area (Å²) in [6, 6.07) is 8.62. The summed E-state index contributed by atoms with van der Waals surface area (Å²) in [5.74, 6) is 0.470. The van der Waals surface area contributed by atoms with E-state index in [0.717, 1.165) is 12.2 Å². The van der Waals surface area contributed by atoms with Crippen LogP contribution in [0.1, 0.15) is 19.4 Å². The molecule has 0 saturated carbocycles. The van der Waals surface area contributed by atoms with Gasteiger partial charge in [0.15, 0.2) is 0 Å². The van der Waals surface area contributed by atoms with Gasteiger partial charge in [-0.15, -0.1) is 0 Å². The first-order valence-corrected chi connectivity index (χ1v) is 6.40. The van der Waals surface area contributed by atoms with Crippen LogP contribution in [0.3, 0.4) is 0 Å². The molecule has 0 aliphatic carbocycles. The molecule has 0 amide bonds. The maximum absolute atomic E-state index is 6.14. The number of aromatic nitrogens is 2. The van der Waals surface area contributed by atoms with Crippen LogP contribution < -0.4 is 5.73 Å². The van der Waals surface area contributed by atoms with Crippen molar-refractivity contribution >= 4 is 0 Å². The Morgan fingerprint density at radius 2 is 2.11 bits per heavy atom. The van der Waals surface area contributed by atoms with Gasteiger partial charge in [0.05, 0.1) is 18.2 Å². The van der Waals surface area contributed by atoms with E-state index in [2.05, 4.69) is 54.6 Å². The largest absolute Gasteiger partial charge is 0.329 e. The number of hydrogen-bond donors (Lipinski definition) is 1. The van der Waals surface area contributed by atoms with Gasteiger partial charge in [-0.3, -0.25) is 0 Å². The zero-order valence-electron chi connectivity index (χ0n) is 11.3. The molecule has 2 aromatic rings. The highest BCUT2D eigenvalue weighted by molar-refractivity contribution is 5.59. The molecule has 3 heteroatoms. The normalized spacial score (nSPS) is 12.9. The van der Waals surface area contributed by atoms with Crippen LogP contribution in [-0.4, -0.2) is 15.6 Å². The van der Waals surface area contributed by atoms with Crippen LogP contribution in [0.15, 0.2) is 36.8 Å². The number of benzene rings is 1. The van der Waals surface area contributed by atoms with Gasteiger partial charge >= 0.3 is 0 Å². The summed E-state index contributed by atoms with van der Waals surface area (Å²) in [5, 5.41) is 0. The fraction of sp³-hybridized carbons (Fsp3) is 0.400. The average Bonchev–Trinajstić information content (AvgIpc) is 2.77. The molecule has 0 radical (unpaired) electrons. The number of nitrogens with zero attached hydrogens (tertiary/aromatic N) is 2. The minimum absolute atomic E-state index is 0.155. The highest BCUT2D eigenvalue weighted by Gasteiger charge is 2.11. The fourth-order valence-corrected chi connectivity index (χ4v) is 1.95. The van der Waals surface area contributed by atoms with E-state index in [9.17, 15) is 0 Å². The van der Waals surface area contributed by atoms with E-state index in [1.165, 1.54) is 11.1 Å². The van der Waals surface area contributed by atoms with E-state index in [-0.39, 0.29) is 6.04 Å². The van der Waals surface area contributed by atoms with Crippen molar-refractivity contribution in [3.8, 4) is 11.3 Å². The maximum Gasteiger partial charge on any atom is 0.0951 e. The Labute approximate surface area is 109 Å². The van der Waals surface area contributed by atoms with Crippen molar-refractivity contribution in [1.29, 1.82) is 0 Å². The van der Waals surface area contributed by atoms with E-state index in [1.54, 1.807) is 0 Å². The molecule has 1 atom stereocenters. The molecular formula is C15H21N3. The molecule has 0 bridgehead atoms. The third-order valence-electron chi connectivity index (χ3n) is 3.29. The number of imidazole rings is 1. The van der Waals surface area contributed by atoms with E-state index >= 15 is 0 Å². The standard InChI is InChI=1S/C15H21N3/c1-11(2)14(16)9-18-10-17-8-15(18)13-6-4-5-12(3)7-13/h4-8,10-11,14H,9,16H2,1-3H3. The summed E-state index contributed by atoms with van der Waals surface area (Å²) in [6.07, 6.45) is 3.77. The van der Waals surface area contributed by atoms with Crippen LogP contribution in [-0.2, 0) is 6.54 Å². The highest BCUT2D eigenvalue weighted by Crippen LogP contribution is 2.20. The zero-order valence-corrected chi connectivity index (χ0v) is 11.3. The third-order valence-corrected chi connectivity index (χ3v) is 3.29. The van der Waals surface area contributed by atoms with Gasteiger partial charge in [0.1, 0.15) is 0 Å². The Kier molecular flexibility index (Phi) is 3.82. The summed E-state index contributed by atoms with van der Waals surface area (Å²) in [4.78, 5) is 4.25. The van der Waals surface area contributed by atoms with Crippen molar-refractivity contribution < 1.29 is 0 Å². The molecule has 2 N–H and O–H groups in total. The molecule has 0 aliphatic rings. The molecule has 1 aromatic heterocycles. The van der Waals surface area contributed by atoms with Crippen molar-refractivity contribution in [2.24, 2.45) is 11.7 Å². The predicted molar refractivity (Wildman–Crippen MR) is 75.2 cm³/mol. The molecule has 1 unspecified atom stereocenters. The maximum atomic E-state index is 6.14. The zero-order chi connectivity index (χ0) is 13.1. The molecule has 0 spiro atoms. The minimum atomic E-state index is 0.155. The van der Waals surface area contributed by atoms with Crippen LogP contribution in [0, 0.1) is 12.8 Å². The Balaban J connectivity index is 2.28. The molecular weight excluding hydrogens is 222 g/mol. The topological polar surface area (TPSA) is 43.8 Å². The molecule has 1 heterocycles. The summed E-state index contributed by atoms with van der Waals surface area (Å²) in [7, 11) is 0. The van der Waals surface area contributed by atoms with Crippen molar-refractivity contribution in [2.75, 3.05) is 0 Å². The van der Waals surface area contributed by atoms with Crippen molar-refractivity contribution in [1.82, 2.24) is 9.55 Å². The first-order valence-electron chi connectivity index (χ1n) is 6.40. The summed E-state index contributed by atoms with van der Waals surface area (Å²) in [6.45, 7) is 7.20. The lowest BCUT2D eigenvalue weighted by Crippen LogP contribution is -2.31. The lowest BCUT2D eigenvalue weighted by molar-refractivity contribution is 0.435. The average molecular weight is 243 g/mol. The van der Waals surface area contributed by atoms with Gasteiger partial charge in [-0.2, -0.15) is 0 Å². The first kappa shape index (κ1) is 12.8. The molecule has 0 aliphatic heterocycles. The van der Waals surface area contributed by atoms with Gasteiger partial charge in [-0.05, 0) is 18.9 Å². The summed E-state index contributed by atoms with van der Waals surface area (Å²) >= 11 is 0. The molecule has 0 saturated heterocycles. The van der Waals surface area contributed by atoms with Crippen LogP contribution in [0.25, 0.3) is 11.3 Å². The van der Waals surface area contributed by atoms with Gasteiger partial charge in [0.25, 0.3) is 0 Å². The molecule has 1 aromatic carbocycles. The lowest BCUT2D eigenvalue weighted by Gasteiger charge is -2.18. The predicted octanol–water partition coefficient (Wildman–Crippen LogP) is 2.84. The summed E-state index contributed by atoms with van der Waals surface area (Å²) in [5.41, 5.74) is 9.73. The molecule has 0 fully saturated rings. The number of rotatable bonds is 4. The second-order valence-corrected chi connectivity index (χ2v) is 5.21. The van der Waals surface area contributed by atoms with E-state index in [1.807, 2.05) is 12.5 Å². The number of aryl methyl sites for hydroxylation is 1. The number of nitrogens with two attached hydrogens (primary N) is 1. The van der Waals surface area contributed by atoms with Gasteiger partial charge in [0.2, 0.25) is 0 Å². The molecule has 3 nitrogen and oxygen atoms in total. The quantitative estimate of drug-likeness (QED) is 0.897. The van der Waals surface area contributed by atoms with Gasteiger partial charge < -0.3 is 10.3 Å². The lowest BCUT2D eigenvalue weighted by atomic mass is 10.0. The van der Waals surface area contributed by atoms with Crippen molar-refractivity contribution in [3.63, 3.8) is 0 Å². The Morgan fingerprint density at radius 1 is 1.33 bits per heavy atom. The highest BCUT2D eigenvalue weighted by atomic mass is 15.1. The van der Waals surface area contributed by atoms with Crippen LogP contribution in [0.4, 0.5) is 0 Å². The Morgan fingerprint density at radius 3 is 2.78 bits per heavy atom. The smallest absolute Gasteiger partial charge is 0.0951 e. The SMILES string of the molecule is Cc1cccc(-c2cncn2CC(N)C(C)C)c1. The first-order chi connectivity index (χ1) is 8.58. The fourth-order valence-electron chi connectivity index (χ4n) is 1.95. The second kappa shape index (κ2) is 5.36. The van der Waals surface area contributed by atoms with E-state index in [4.69, 9.17) is 5.73 Å². The second-order valence-electron chi connectivity index (χ2n) is 5.21. The van der Waals surface area contributed by atoms with E-state index < -0.39 is 0 Å². The Hall–Kier alpha value is -1.61. The Bertz CT molecular complexity index is 514. The van der Waals surface area contributed by atoms with Gasteiger partial charge in [-0.1, -0.05) is 37.6 Å².